The summed E-state index contributed by atoms with van der Waals surface area (Å²) < 4.78 is 0. The van der Waals surface area contributed by atoms with Crippen LogP contribution in [-0.4, -0.2) is 17.4 Å². The maximum Gasteiger partial charge on any atom is 0.152 e. The molecule has 1 aromatic rings. The number of allylic oxidation sites excluding steroid dienone is 1. The molecule has 1 N–H and O–H groups in total. The van der Waals surface area contributed by atoms with Crippen molar-refractivity contribution in [3.63, 3.8) is 0 Å². The maximum absolute atomic E-state index is 10.9. The molecule has 1 aromatic carbocycles. The van der Waals surface area contributed by atoms with Crippen molar-refractivity contribution in [2.75, 3.05) is 0 Å². The Labute approximate surface area is 122 Å². The highest BCUT2D eigenvalue weighted by Crippen LogP contribution is 2.12. The van der Waals surface area contributed by atoms with Crippen LogP contribution in [0.2, 0.25) is 0 Å². The van der Waals surface area contributed by atoms with E-state index in [9.17, 15) is 4.79 Å². The van der Waals surface area contributed by atoms with E-state index in [1.54, 1.807) is 13.0 Å². The zero-order valence-corrected chi connectivity index (χ0v) is 13.1. The van der Waals surface area contributed by atoms with Crippen molar-refractivity contribution < 1.29 is 4.79 Å². The van der Waals surface area contributed by atoms with Crippen molar-refractivity contribution in [2.24, 2.45) is 0 Å². The van der Waals surface area contributed by atoms with Gasteiger partial charge in [0.15, 0.2) is 5.78 Å². The Bertz CT molecular complexity index is 493. The average Bonchev–Trinajstić information content (AvgIpc) is 2.33. The highest BCUT2D eigenvalue weighted by molar-refractivity contribution is 5.91. The lowest BCUT2D eigenvalue weighted by Gasteiger charge is -2.25. The van der Waals surface area contributed by atoms with Crippen LogP contribution in [0.3, 0.4) is 0 Å². The molecular formula is C18H25NO. The molecule has 0 heterocycles. The Morgan fingerprint density at radius 3 is 2.05 bits per heavy atom. The first-order chi connectivity index (χ1) is 9.28. The molecule has 0 aliphatic heterocycles. The molecule has 0 amide bonds. The minimum absolute atomic E-state index is 0.0264. The number of carbonyl (C=O) groups is 1. The summed E-state index contributed by atoms with van der Waals surface area (Å²) in [4.78, 5) is 10.9. The molecule has 0 aliphatic carbocycles. The van der Waals surface area contributed by atoms with Gasteiger partial charge in [0.2, 0.25) is 0 Å². The lowest BCUT2D eigenvalue weighted by Crippen LogP contribution is -2.41. The van der Waals surface area contributed by atoms with Gasteiger partial charge in [0.25, 0.3) is 0 Å². The summed E-state index contributed by atoms with van der Waals surface area (Å²) in [6.07, 6.45) is 7.71. The van der Waals surface area contributed by atoms with Gasteiger partial charge in [-0.15, -0.1) is 0 Å². The monoisotopic (exact) mass is 271 g/mol. The van der Waals surface area contributed by atoms with E-state index in [4.69, 9.17) is 0 Å². The summed E-state index contributed by atoms with van der Waals surface area (Å²) in [5.74, 6) is 0.0653. The van der Waals surface area contributed by atoms with Crippen LogP contribution >= 0.6 is 0 Å². The fourth-order valence-corrected chi connectivity index (χ4v) is 2.03. The minimum Gasteiger partial charge on any atom is -0.306 e. The van der Waals surface area contributed by atoms with Crippen molar-refractivity contribution in [1.82, 2.24) is 5.32 Å². The van der Waals surface area contributed by atoms with Crippen molar-refractivity contribution >= 4 is 17.9 Å². The van der Waals surface area contributed by atoms with Gasteiger partial charge in [0, 0.05) is 11.6 Å². The predicted octanol–water partition coefficient (Wildman–Crippen LogP) is 4.08. The quantitative estimate of drug-likeness (QED) is 0.790. The van der Waals surface area contributed by atoms with E-state index >= 15 is 0 Å². The number of hydrogen-bond donors (Lipinski definition) is 1. The Balaban J connectivity index is 2.72. The first kappa shape index (κ1) is 16.4. The number of ketones is 1. The van der Waals surface area contributed by atoms with Crippen LogP contribution in [0.5, 0.6) is 0 Å². The van der Waals surface area contributed by atoms with Crippen LogP contribution in [0.1, 0.15) is 45.7 Å². The number of benzene rings is 1. The van der Waals surface area contributed by atoms with Gasteiger partial charge in [0.1, 0.15) is 0 Å². The molecule has 0 aromatic heterocycles. The van der Waals surface area contributed by atoms with Gasteiger partial charge in [-0.05, 0) is 38.0 Å². The summed E-state index contributed by atoms with van der Waals surface area (Å²) in [6.45, 7) is 10.2. The second-order valence-corrected chi connectivity index (χ2v) is 5.96. The van der Waals surface area contributed by atoms with Crippen LogP contribution < -0.4 is 5.32 Å². The second-order valence-electron chi connectivity index (χ2n) is 5.96. The van der Waals surface area contributed by atoms with Gasteiger partial charge in [-0.25, -0.2) is 0 Å². The fraction of sp³-hybridized carbons (Fsp3) is 0.389. The highest BCUT2D eigenvalue weighted by atomic mass is 16.1. The SMILES string of the molecule is CC(=O)/C=C/c1ccc(/C=C/C(C)(C)NC(C)C)cc1. The van der Waals surface area contributed by atoms with Crippen LogP contribution in [0.4, 0.5) is 0 Å². The Morgan fingerprint density at radius 2 is 1.60 bits per heavy atom. The van der Waals surface area contributed by atoms with Gasteiger partial charge < -0.3 is 5.32 Å². The van der Waals surface area contributed by atoms with Crippen LogP contribution in [0.15, 0.2) is 36.4 Å². The van der Waals surface area contributed by atoms with Gasteiger partial charge in [0.05, 0.1) is 0 Å². The smallest absolute Gasteiger partial charge is 0.152 e. The molecule has 2 heteroatoms. The van der Waals surface area contributed by atoms with Crippen molar-refractivity contribution in [3.05, 3.63) is 47.5 Å². The standard InChI is InChI=1S/C18H25NO/c1-14(2)19-18(4,5)13-12-17-10-8-16(9-11-17)7-6-15(3)20/h6-14,19H,1-5H3/b7-6+,13-12+. The van der Waals surface area contributed by atoms with E-state index < -0.39 is 0 Å². The molecule has 20 heavy (non-hydrogen) atoms. The van der Waals surface area contributed by atoms with E-state index in [0.717, 1.165) is 11.1 Å². The van der Waals surface area contributed by atoms with Crippen molar-refractivity contribution in [3.8, 4) is 0 Å². The average molecular weight is 271 g/mol. The predicted molar refractivity (Wildman–Crippen MR) is 87.5 cm³/mol. The first-order valence-electron chi connectivity index (χ1n) is 7.04. The molecule has 2 nitrogen and oxygen atoms in total. The molecular weight excluding hydrogens is 246 g/mol. The normalized spacial score (nSPS) is 12.7. The highest BCUT2D eigenvalue weighted by Gasteiger charge is 2.13. The van der Waals surface area contributed by atoms with E-state index in [2.05, 4.69) is 57.3 Å². The number of rotatable bonds is 6. The van der Waals surface area contributed by atoms with Crippen molar-refractivity contribution in [2.45, 2.75) is 46.2 Å². The first-order valence-corrected chi connectivity index (χ1v) is 7.04. The van der Waals surface area contributed by atoms with Gasteiger partial charge >= 0.3 is 0 Å². The third-order valence-corrected chi connectivity index (χ3v) is 2.80. The molecule has 0 saturated heterocycles. The maximum atomic E-state index is 10.9. The van der Waals surface area contributed by atoms with Gasteiger partial charge in [-0.2, -0.15) is 0 Å². The molecule has 0 aliphatic rings. The second kappa shape index (κ2) is 7.20. The zero-order chi connectivity index (χ0) is 15.2. The number of nitrogens with one attached hydrogen (secondary N) is 1. The third-order valence-electron chi connectivity index (χ3n) is 2.80. The topological polar surface area (TPSA) is 29.1 Å². The van der Waals surface area contributed by atoms with Gasteiger partial charge in [-0.3, -0.25) is 4.79 Å². The van der Waals surface area contributed by atoms with Crippen LogP contribution in [0, 0.1) is 0 Å². The largest absolute Gasteiger partial charge is 0.306 e. The molecule has 0 spiro atoms. The molecule has 0 atom stereocenters. The number of carbonyl (C=O) groups excluding carboxylic acids is 1. The summed E-state index contributed by atoms with van der Waals surface area (Å²) >= 11 is 0. The van der Waals surface area contributed by atoms with Crippen LogP contribution in [-0.2, 0) is 4.79 Å². The Morgan fingerprint density at radius 1 is 1.10 bits per heavy atom. The van der Waals surface area contributed by atoms with E-state index in [1.165, 1.54) is 0 Å². The van der Waals surface area contributed by atoms with Gasteiger partial charge in [-0.1, -0.05) is 56.3 Å². The molecule has 0 radical (unpaired) electrons. The lowest BCUT2D eigenvalue weighted by molar-refractivity contribution is -0.112. The van der Waals surface area contributed by atoms with E-state index in [0.29, 0.717) is 6.04 Å². The minimum atomic E-state index is -0.0264. The van der Waals surface area contributed by atoms with E-state index in [1.807, 2.05) is 18.2 Å². The molecule has 0 bridgehead atoms. The summed E-state index contributed by atoms with van der Waals surface area (Å²) in [5.41, 5.74) is 2.17. The Hall–Kier alpha value is -1.67. The van der Waals surface area contributed by atoms with E-state index in [-0.39, 0.29) is 11.3 Å². The van der Waals surface area contributed by atoms with Crippen LogP contribution in [0.25, 0.3) is 12.2 Å². The zero-order valence-electron chi connectivity index (χ0n) is 13.1. The molecule has 108 valence electrons. The molecule has 0 saturated carbocycles. The summed E-state index contributed by atoms with van der Waals surface area (Å²) in [7, 11) is 0. The summed E-state index contributed by atoms with van der Waals surface area (Å²) in [6, 6.07) is 8.60. The Kier molecular flexibility index (Phi) is 5.90. The molecule has 1 rings (SSSR count). The number of hydrogen-bond acceptors (Lipinski definition) is 2. The lowest BCUT2D eigenvalue weighted by atomic mass is 10.0. The molecule has 0 unspecified atom stereocenters. The fourth-order valence-electron chi connectivity index (χ4n) is 2.03. The summed E-state index contributed by atoms with van der Waals surface area (Å²) in [5, 5.41) is 3.50. The molecule has 0 fully saturated rings. The van der Waals surface area contributed by atoms with Crippen molar-refractivity contribution in [1.29, 1.82) is 0 Å². The third kappa shape index (κ3) is 6.48.